The summed E-state index contributed by atoms with van der Waals surface area (Å²) in [6.07, 6.45) is 0. The van der Waals surface area contributed by atoms with Crippen molar-refractivity contribution < 1.29 is 19.1 Å². The highest BCUT2D eigenvalue weighted by Crippen LogP contribution is 2.28. The molecule has 0 atom stereocenters. The van der Waals surface area contributed by atoms with E-state index in [-0.39, 0.29) is 0 Å². The Labute approximate surface area is 157 Å². The van der Waals surface area contributed by atoms with Crippen LogP contribution in [0.1, 0.15) is 25.0 Å². The van der Waals surface area contributed by atoms with Gasteiger partial charge in [0.25, 0.3) is 11.8 Å². The quantitative estimate of drug-likeness (QED) is 0.680. The molecule has 26 heavy (non-hydrogen) atoms. The maximum absolute atomic E-state index is 12.2. The number of rotatable bonds is 5. The van der Waals surface area contributed by atoms with E-state index in [1.165, 1.54) is 22.7 Å². The average molecular weight is 386 g/mol. The summed E-state index contributed by atoms with van der Waals surface area (Å²) < 4.78 is 5.01. The van der Waals surface area contributed by atoms with Crippen LogP contribution in [-0.2, 0) is 9.53 Å². The number of imide groups is 1. The average Bonchev–Trinajstić information content (AvgIpc) is 3.30. The SMILES string of the molecule is Cc1nc(-c2ccccc2)sc1C(=O)OCC(=O)NC(=O)c1cccs1. The maximum Gasteiger partial charge on any atom is 0.350 e. The van der Waals surface area contributed by atoms with Crippen LogP contribution in [-0.4, -0.2) is 29.4 Å². The lowest BCUT2D eigenvalue weighted by Crippen LogP contribution is -2.33. The molecule has 0 spiro atoms. The van der Waals surface area contributed by atoms with E-state index < -0.39 is 24.4 Å². The number of aryl methyl sites for hydroxylation is 1. The number of thiophene rings is 1. The van der Waals surface area contributed by atoms with Crippen molar-refractivity contribution in [2.45, 2.75) is 6.92 Å². The van der Waals surface area contributed by atoms with Gasteiger partial charge in [-0.3, -0.25) is 14.9 Å². The molecule has 0 saturated carbocycles. The van der Waals surface area contributed by atoms with Crippen LogP contribution < -0.4 is 5.32 Å². The van der Waals surface area contributed by atoms with Gasteiger partial charge < -0.3 is 4.74 Å². The Kier molecular flexibility index (Phi) is 5.55. The number of thiazole rings is 1. The zero-order valence-corrected chi connectivity index (χ0v) is 15.4. The first-order valence-electron chi connectivity index (χ1n) is 7.62. The zero-order chi connectivity index (χ0) is 18.5. The number of amides is 2. The van der Waals surface area contributed by atoms with Crippen LogP contribution in [0.2, 0.25) is 0 Å². The van der Waals surface area contributed by atoms with E-state index in [1.807, 2.05) is 30.3 Å². The van der Waals surface area contributed by atoms with Crippen LogP contribution in [0.5, 0.6) is 0 Å². The Morgan fingerprint density at radius 2 is 1.88 bits per heavy atom. The molecule has 2 aromatic heterocycles. The molecular weight excluding hydrogens is 372 g/mol. The molecule has 0 fully saturated rings. The van der Waals surface area contributed by atoms with Crippen molar-refractivity contribution >= 4 is 40.5 Å². The van der Waals surface area contributed by atoms with Gasteiger partial charge in [-0.15, -0.1) is 22.7 Å². The molecule has 0 radical (unpaired) electrons. The second-order valence-corrected chi connectivity index (χ2v) is 7.18. The number of carbonyl (C=O) groups excluding carboxylic acids is 3. The van der Waals surface area contributed by atoms with E-state index in [0.717, 1.165) is 5.56 Å². The molecule has 3 aromatic rings. The summed E-state index contributed by atoms with van der Waals surface area (Å²) in [5.41, 5.74) is 1.44. The summed E-state index contributed by atoms with van der Waals surface area (Å²) in [5.74, 6) is -1.83. The minimum Gasteiger partial charge on any atom is -0.451 e. The monoisotopic (exact) mass is 386 g/mol. The van der Waals surface area contributed by atoms with Gasteiger partial charge in [-0.1, -0.05) is 36.4 Å². The van der Waals surface area contributed by atoms with Crippen molar-refractivity contribution in [2.24, 2.45) is 0 Å². The van der Waals surface area contributed by atoms with Crippen LogP contribution in [0.25, 0.3) is 10.6 Å². The summed E-state index contributed by atoms with van der Waals surface area (Å²) in [5, 5.41) is 4.61. The molecule has 0 aliphatic rings. The summed E-state index contributed by atoms with van der Waals surface area (Å²) in [4.78, 5) is 40.9. The molecular formula is C18H14N2O4S2. The van der Waals surface area contributed by atoms with Crippen molar-refractivity contribution in [3.63, 3.8) is 0 Å². The first-order chi connectivity index (χ1) is 12.5. The topological polar surface area (TPSA) is 85.4 Å². The zero-order valence-electron chi connectivity index (χ0n) is 13.7. The molecule has 0 aliphatic heterocycles. The molecule has 0 bridgehead atoms. The van der Waals surface area contributed by atoms with Gasteiger partial charge in [-0.25, -0.2) is 9.78 Å². The smallest absolute Gasteiger partial charge is 0.350 e. The summed E-state index contributed by atoms with van der Waals surface area (Å²) >= 11 is 2.42. The van der Waals surface area contributed by atoms with E-state index in [1.54, 1.807) is 24.4 Å². The predicted octanol–water partition coefficient (Wildman–Crippen LogP) is 3.29. The van der Waals surface area contributed by atoms with Gasteiger partial charge in [0, 0.05) is 5.56 Å². The number of hydrogen-bond donors (Lipinski definition) is 1. The molecule has 1 N–H and O–H groups in total. The van der Waals surface area contributed by atoms with Gasteiger partial charge in [0.05, 0.1) is 10.6 Å². The summed E-state index contributed by atoms with van der Waals surface area (Å²) in [7, 11) is 0. The minimum absolute atomic E-state index is 0.334. The molecule has 0 aliphatic carbocycles. The van der Waals surface area contributed by atoms with Gasteiger partial charge in [-0.05, 0) is 18.4 Å². The summed E-state index contributed by atoms with van der Waals surface area (Å²) in [6.45, 7) is 1.17. The Bertz CT molecular complexity index is 934. The van der Waals surface area contributed by atoms with E-state index >= 15 is 0 Å². The normalized spacial score (nSPS) is 10.3. The molecule has 2 amide bonds. The van der Waals surface area contributed by atoms with Crippen molar-refractivity contribution in [1.29, 1.82) is 0 Å². The molecule has 0 unspecified atom stereocenters. The third-order valence-electron chi connectivity index (χ3n) is 3.34. The molecule has 1 aromatic carbocycles. The fourth-order valence-electron chi connectivity index (χ4n) is 2.12. The third-order valence-corrected chi connectivity index (χ3v) is 5.39. The van der Waals surface area contributed by atoms with Crippen LogP contribution in [0, 0.1) is 6.92 Å². The van der Waals surface area contributed by atoms with E-state index in [0.29, 0.717) is 20.5 Å². The lowest BCUT2D eigenvalue weighted by Gasteiger charge is -2.04. The number of nitrogens with zero attached hydrogens (tertiary/aromatic N) is 1. The number of esters is 1. The Hall–Kier alpha value is -2.84. The van der Waals surface area contributed by atoms with Crippen molar-refractivity contribution in [3.05, 3.63) is 63.3 Å². The second kappa shape index (κ2) is 8.03. The molecule has 2 heterocycles. The molecule has 8 heteroatoms. The van der Waals surface area contributed by atoms with E-state index in [9.17, 15) is 14.4 Å². The van der Waals surface area contributed by atoms with E-state index in [4.69, 9.17) is 4.74 Å². The Morgan fingerprint density at radius 1 is 1.12 bits per heavy atom. The number of benzene rings is 1. The summed E-state index contributed by atoms with van der Waals surface area (Å²) in [6, 6.07) is 12.8. The highest BCUT2D eigenvalue weighted by atomic mass is 32.1. The number of ether oxygens (including phenoxy) is 1. The molecule has 0 saturated heterocycles. The second-order valence-electron chi connectivity index (χ2n) is 5.23. The fraction of sp³-hybridized carbons (Fsp3) is 0.111. The Balaban J connectivity index is 1.59. The standard InChI is InChI=1S/C18H14N2O4S2/c1-11-15(26-17(19-11)12-6-3-2-4-7-12)18(23)24-10-14(21)20-16(22)13-8-5-9-25-13/h2-9H,10H2,1H3,(H,20,21,22). The molecule has 3 rings (SSSR count). The van der Waals surface area contributed by atoms with Gasteiger partial charge >= 0.3 is 5.97 Å². The van der Waals surface area contributed by atoms with Gasteiger partial charge in [0.1, 0.15) is 9.88 Å². The Morgan fingerprint density at radius 3 is 2.58 bits per heavy atom. The predicted molar refractivity (Wildman–Crippen MR) is 99.4 cm³/mol. The van der Waals surface area contributed by atoms with Crippen LogP contribution >= 0.6 is 22.7 Å². The number of nitrogens with one attached hydrogen (secondary N) is 1. The van der Waals surface area contributed by atoms with Crippen molar-refractivity contribution in [1.82, 2.24) is 10.3 Å². The number of hydrogen-bond acceptors (Lipinski definition) is 7. The minimum atomic E-state index is -0.679. The van der Waals surface area contributed by atoms with Crippen LogP contribution in [0.3, 0.4) is 0 Å². The van der Waals surface area contributed by atoms with Crippen LogP contribution in [0.15, 0.2) is 47.8 Å². The first kappa shape index (κ1) is 18.0. The number of carbonyl (C=O) groups is 3. The van der Waals surface area contributed by atoms with Crippen molar-refractivity contribution in [2.75, 3.05) is 6.61 Å². The maximum atomic E-state index is 12.2. The van der Waals surface area contributed by atoms with Gasteiger partial charge in [0.15, 0.2) is 6.61 Å². The highest BCUT2D eigenvalue weighted by Gasteiger charge is 2.19. The third kappa shape index (κ3) is 4.22. The fourth-order valence-corrected chi connectivity index (χ4v) is 3.70. The largest absolute Gasteiger partial charge is 0.451 e. The van der Waals surface area contributed by atoms with Crippen molar-refractivity contribution in [3.8, 4) is 10.6 Å². The van der Waals surface area contributed by atoms with Crippen LogP contribution in [0.4, 0.5) is 0 Å². The number of aromatic nitrogens is 1. The van der Waals surface area contributed by atoms with Gasteiger partial charge in [-0.2, -0.15) is 0 Å². The molecule has 132 valence electrons. The molecule has 6 nitrogen and oxygen atoms in total. The lowest BCUT2D eigenvalue weighted by atomic mass is 10.2. The lowest BCUT2D eigenvalue weighted by molar-refractivity contribution is -0.123. The highest BCUT2D eigenvalue weighted by molar-refractivity contribution is 7.17. The van der Waals surface area contributed by atoms with E-state index in [2.05, 4.69) is 10.3 Å². The van der Waals surface area contributed by atoms with Gasteiger partial charge in [0.2, 0.25) is 0 Å². The first-order valence-corrected chi connectivity index (χ1v) is 9.32.